The topological polar surface area (TPSA) is 69.6 Å². The molecular weight excluding hydrogens is 240 g/mol. The number of hydrogen-bond acceptors (Lipinski definition) is 5. The molecule has 1 atom stereocenters. The highest BCUT2D eigenvalue weighted by Gasteiger charge is 2.36. The van der Waals surface area contributed by atoms with Crippen LogP contribution in [0.15, 0.2) is 0 Å². The second kappa shape index (κ2) is 4.84. The summed E-state index contributed by atoms with van der Waals surface area (Å²) >= 11 is 0. The van der Waals surface area contributed by atoms with Crippen LogP contribution in [0.25, 0.3) is 0 Å². The Morgan fingerprint density at radius 2 is 2.06 bits per heavy atom. The van der Waals surface area contributed by atoms with E-state index in [0.717, 1.165) is 25.9 Å². The maximum Gasteiger partial charge on any atom is 0.153 e. The minimum Gasteiger partial charge on any atom is -0.388 e. The van der Waals surface area contributed by atoms with E-state index in [1.807, 2.05) is 6.92 Å². The quantitative estimate of drug-likeness (QED) is 0.683. The van der Waals surface area contributed by atoms with Crippen molar-refractivity contribution in [3.63, 3.8) is 0 Å². The fourth-order valence-electron chi connectivity index (χ4n) is 2.70. The monoisotopic (exact) mass is 262 g/mol. The Morgan fingerprint density at radius 1 is 1.41 bits per heavy atom. The molecule has 0 aromatic rings. The van der Waals surface area contributed by atoms with Crippen LogP contribution >= 0.6 is 0 Å². The minimum absolute atomic E-state index is 0.0210. The van der Waals surface area contributed by atoms with Gasteiger partial charge in [-0.2, -0.15) is 0 Å². The molecule has 6 heteroatoms. The summed E-state index contributed by atoms with van der Waals surface area (Å²) in [7, 11) is -2.86. The van der Waals surface area contributed by atoms with Crippen LogP contribution < -0.4 is 5.32 Å². The van der Waals surface area contributed by atoms with Crippen molar-refractivity contribution in [3.8, 4) is 0 Å². The molecule has 2 aliphatic heterocycles. The number of nitrogens with one attached hydrogen (secondary N) is 1. The fraction of sp³-hybridized carbons (Fsp3) is 1.00. The molecule has 2 rings (SSSR count). The van der Waals surface area contributed by atoms with Gasteiger partial charge in [-0.1, -0.05) is 0 Å². The maximum absolute atomic E-state index is 11.5. The van der Waals surface area contributed by atoms with Gasteiger partial charge in [0.1, 0.15) is 0 Å². The molecule has 0 radical (unpaired) electrons. The maximum atomic E-state index is 11.5. The van der Waals surface area contributed by atoms with E-state index < -0.39 is 15.4 Å². The Balaban J connectivity index is 1.95. The lowest BCUT2D eigenvalue weighted by Gasteiger charge is -2.41. The smallest absolute Gasteiger partial charge is 0.153 e. The summed E-state index contributed by atoms with van der Waals surface area (Å²) in [6.07, 6.45) is 1.51. The lowest BCUT2D eigenvalue weighted by molar-refractivity contribution is -0.0270. The minimum atomic E-state index is -2.86. The van der Waals surface area contributed by atoms with E-state index in [1.165, 1.54) is 0 Å². The van der Waals surface area contributed by atoms with E-state index >= 15 is 0 Å². The predicted octanol–water partition coefficient (Wildman–Crippen LogP) is -0.780. The Hall–Kier alpha value is -0.170. The van der Waals surface area contributed by atoms with Gasteiger partial charge in [-0.25, -0.2) is 8.42 Å². The fourth-order valence-corrected chi connectivity index (χ4v) is 4.32. The molecule has 17 heavy (non-hydrogen) atoms. The van der Waals surface area contributed by atoms with Gasteiger partial charge in [0.25, 0.3) is 0 Å². The average molecular weight is 262 g/mol. The zero-order chi connectivity index (χ0) is 12.5. The summed E-state index contributed by atoms with van der Waals surface area (Å²) in [5, 5.41) is 13.7. The molecule has 0 aromatic heterocycles. The molecule has 2 saturated heterocycles. The van der Waals surface area contributed by atoms with Crippen molar-refractivity contribution in [2.24, 2.45) is 0 Å². The zero-order valence-corrected chi connectivity index (χ0v) is 11.2. The molecule has 0 bridgehead atoms. The average Bonchev–Trinajstić information content (AvgIpc) is 2.23. The second-order valence-electron chi connectivity index (χ2n) is 5.41. The first-order chi connectivity index (χ1) is 7.90. The van der Waals surface area contributed by atoms with Crippen molar-refractivity contribution in [2.45, 2.75) is 31.4 Å². The van der Waals surface area contributed by atoms with E-state index in [4.69, 9.17) is 0 Å². The molecule has 0 spiro atoms. The molecule has 100 valence electrons. The highest BCUT2D eigenvalue weighted by atomic mass is 32.2. The van der Waals surface area contributed by atoms with Crippen LogP contribution in [-0.2, 0) is 9.84 Å². The van der Waals surface area contributed by atoms with Gasteiger partial charge >= 0.3 is 0 Å². The van der Waals surface area contributed by atoms with E-state index in [0.29, 0.717) is 13.1 Å². The van der Waals surface area contributed by atoms with Crippen LogP contribution in [-0.4, -0.2) is 67.8 Å². The molecule has 0 aromatic carbocycles. The summed E-state index contributed by atoms with van der Waals surface area (Å²) < 4.78 is 23.0. The van der Waals surface area contributed by atoms with Crippen molar-refractivity contribution >= 4 is 9.84 Å². The Kier molecular flexibility index (Phi) is 3.77. The number of sulfone groups is 1. The van der Waals surface area contributed by atoms with Gasteiger partial charge in [0, 0.05) is 19.1 Å². The Labute approximate surface area is 103 Å². The van der Waals surface area contributed by atoms with E-state index in [1.54, 1.807) is 0 Å². The first kappa shape index (κ1) is 13.3. The first-order valence-electron chi connectivity index (χ1n) is 6.28. The van der Waals surface area contributed by atoms with Crippen molar-refractivity contribution in [1.82, 2.24) is 10.2 Å². The second-order valence-corrected chi connectivity index (χ2v) is 7.64. The van der Waals surface area contributed by atoms with Crippen LogP contribution in [0, 0.1) is 0 Å². The highest BCUT2D eigenvalue weighted by Crippen LogP contribution is 2.22. The molecule has 2 N–H and O–H groups in total. The van der Waals surface area contributed by atoms with Gasteiger partial charge in [-0.05, 0) is 32.9 Å². The van der Waals surface area contributed by atoms with Crippen molar-refractivity contribution in [3.05, 3.63) is 0 Å². The van der Waals surface area contributed by atoms with Crippen LogP contribution in [0.1, 0.15) is 19.8 Å². The molecule has 0 amide bonds. The summed E-state index contributed by atoms with van der Waals surface area (Å²) in [4.78, 5) is 2.12. The third kappa shape index (κ3) is 3.40. The van der Waals surface area contributed by atoms with Gasteiger partial charge in [-0.15, -0.1) is 0 Å². The van der Waals surface area contributed by atoms with Crippen LogP contribution in [0.5, 0.6) is 0 Å². The molecule has 1 unspecified atom stereocenters. The van der Waals surface area contributed by atoms with Crippen LogP contribution in [0.2, 0.25) is 0 Å². The SMILES string of the molecule is CC1CS(=O)(=O)CCN1CC1(O)CCNCC1. The van der Waals surface area contributed by atoms with Gasteiger partial charge in [0.05, 0.1) is 17.1 Å². The van der Waals surface area contributed by atoms with Gasteiger partial charge in [-0.3, -0.25) is 4.90 Å². The number of nitrogens with zero attached hydrogens (tertiary/aromatic N) is 1. The number of rotatable bonds is 2. The predicted molar refractivity (Wildman–Crippen MR) is 66.7 cm³/mol. The van der Waals surface area contributed by atoms with Crippen molar-refractivity contribution in [2.75, 3.05) is 37.7 Å². The molecule has 2 aliphatic rings. The lowest BCUT2D eigenvalue weighted by atomic mass is 9.91. The van der Waals surface area contributed by atoms with Crippen molar-refractivity contribution < 1.29 is 13.5 Å². The Bertz CT molecular complexity index is 363. The van der Waals surface area contributed by atoms with Gasteiger partial charge < -0.3 is 10.4 Å². The first-order valence-corrected chi connectivity index (χ1v) is 8.10. The summed E-state index contributed by atoms with van der Waals surface area (Å²) in [5.41, 5.74) is -0.638. The zero-order valence-electron chi connectivity index (χ0n) is 10.4. The van der Waals surface area contributed by atoms with Gasteiger partial charge in [0.2, 0.25) is 0 Å². The third-order valence-electron chi connectivity index (χ3n) is 3.84. The third-order valence-corrected chi connectivity index (χ3v) is 5.63. The lowest BCUT2D eigenvalue weighted by Crippen LogP contribution is -2.55. The van der Waals surface area contributed by atoms with Crippen LogP contribution in [0.3, 0.4) is 0 Å². The van der Waals surface area contributed by atoms with Crippen LogP contribution in [0.4, 0.5) is 0 Å². The summed E-state index contributed by atoms with van der Waals surface area (Å²) in [5.74, 6) is 0.451. The number of piperidine rings is 1. The molecule has 2 heterocycles. The molecule has 2 fully saturated rings. The summed E-state index contributed by atoms with van der Waals surface area (Å²) in [6, 6.07) is 0.0210. The normalized spacial score (nSPS) is 33.4. The number of aliphatic hydroxyl groups is 1. The summed E-state index contributed by atoms with van der Waals surface area (Å²) in [6.45, 7) is 4.78. The molecule has 5 nitrogen and oxygen atoms in total. The molecule has 0 aliphatic carbocycles. The number of β-amino-alcohol motifs (C(OH)–C–C–N with tert-alkyl or cyclic N) is 1. The Morgan fingerprint density at radius 3 is 2.65 bits per heavy atom. The van der Waals surface area contributed by atoms with Gasteiger partial charge in [0.15, 0.2) is 9.84 Å². The number of hydrogen-bond donors (Lipinski definition) is 2. The molecule has 0 saturated carbocycles. The van der Waals surface area contributed by atoms with Crippen molar-refractivity contribution in [1.29, 1.82) is 0 Å². The standard InChI is InChI=1S/C11H22N2O3S/c1-10-8-17(15,16)7-6-13(10)9-11(14)2-4-12-5-3-11/h10,12,14H,2-9H2,1H3. The van der Waals surface area contributed by atoms with E-state index in [-0.39, 0.29) is 17.5 Å². The highest BCUT2D eigenvalue weighted by molar-refractivity contribution is 7.91. The van der Waals surface area contributed by atoms with E-state index in [2.05, 4.69) is 10.2 Å². The largest absolute Gasteiger partial charge is 0.388 e. The van der Waals surface area contributed by atoms with E-state index in [9.17, 15) is 13.5 Å². The molecular formula is C11H22N2O3S.